The van der Waals surface area contributed by atoms with E-state index in [1.165, 1.54) is 0 Å². The molecule has 3 aromatic rings. The van der Waals surface area contributed by atoms with E-state index in [1.807, 2.05) is 42.5 Å². The number of anilines is 2. The van der Waals surface area contributed by atoms with Gasteiger partial charge in [-0.15, -0.1) is 0 Å². The molecule has 0 aliphatic carbocycles. The number of hydrogen-bond donors (Lipinski definition) is 2. The maximum Gasteiger partial charge on any atom is 0.411 e. The first-order valence-electron chi connectivity index (χ1n) is 9.26. The standard InChI is InChI=1S/C23H22N2O4/c1-2-28-23(27)25-20-10-8-18(9-11-20)22(26)24-19-12-14-21(15-13-19)29-16-17-6-4-3-5-7-17/h3-15H,2,16H2,1H3,(H,24,26)(H,25,27). The van der Waals surface area contributed by atoms with Gasteiger partial charge < -0.3 is 14.8 Å². The predicted octanol–water partition coefficient (Wildman–Crippen LogP) is 5.09. The third-order valence-electron chi connectivity index (χ3n) is 4.03. The molecule has 0 aromatic heterocycles. The summed E-state index contributed by atoms with van der Waals surface area (Å²) in [5.41, 5.74) is 2.78. The quantitative estimate of drug-likeness (QED) is 0.589. The zero-order valence-electron chi connectivity index (χ0n) is 16.1. The van der Waals surface area contributed by atoms with Gasteiger partial charge in [-0.1, -0.05) is 30.3 Å². The van der Waals surface area contributed by atoms with E-state index in [2.05, 4.69) is 10.6 Å². The molecular weight excluding hydrogens is 368 g/mol. The van der Waals surface area contributed by atoms with Gasteiger partial charge in [-0.05, 0) is 61.0 Å². The smallest absolute Gasteiger partial charge is 0.411 e. The second kappa shape index (κ2) is 9.94. The van der Waals surface area contributed by atoms with E-state index in [0.29, 0.717) is 30.2 Å². The normalized spacial score (nSPS) is 10.1. The second-order valence-electron chi connectivity index (χ2n) is 6.18. The van der Waals surface area contributed by atoms with Gasteiger partial charge >= 0.3 is 6.09 Å². The van der Waals surface area contributed by atoms with E-state index in [-0.39, 0.29) is 5.91 Å². The lowest BCUT2D eigenvalue weighted by atomic mass is 10.2. The summed E-state index contributed by atoms with van der Waals surface area (Å²) >= 11 is 0. The number of carbonyl (C=O) groups is 2. The van der Waals surface area contributed by atoms with Crippen LogP contribution in [0.2, 0.25) is 0 Å². The van der Waals surface area contributed by atoms with E-state index in [4.69, 9.17) is 9.47 Å². The molecule has 0 aliphatic heterocycles. The molecule has 0 atom stereocenters. The number of nitrogens with one attached hydrogen (secondary N) is 2. The van der Waals surface area contributed by atoms with Gasteiger partial charge in [0.25, 0.3) is 5.91 Å². The summed E-state index contributed by atoms with van der Waals surface area (Å²) in [5.74, 6) is 0.479. The highest BCUT2D eigenvalue weighted by atomic mass is 16.5. The Balaban J connectivity index is 1.53. The van der Waals surface area contributed by atoms with Crippen LogP contribution in [0.5, 0.6) is 5.75 Å². The molecule has 0 saturated heterocycles. The highest BCUT2D eigenvalue weighted by molar-refractivity contribution is 6.04. The zero-order valence-corrected chi connectivity index (χ0v) is 16.1. The van der Waals surface area contributed by atoms with Gasteiger partial charge in [0.15, 0.2) is 0 Å². The monoisotopic (exact) mass is 390 g/mol. The van der Waals surface area contributed by atoms with E-state index in [1.54, 1.807) is 43.3 Å². The predicted molar refractivity (Wildman–Crippen MR) is 112 cm³/mol. The van der Waals surface area contributed by atoms with Crippen molar-refractivity contribution in [3.63, 3.8) is 0 Å². The van der Waals surface area contributed by atoms with Crippen molar-refractivity contribution in [3.05, 3.63) is 90.0 Å². The molecule has 2 N–H and O–H groups in total. The van der Waals surface area contributed by atoms with Crippen LogP contribution in [0.3, 0.4) is 0 Å². The maximum atomic E-state index is 12.4. The Kier molecular flexibility index (Phi) is 6.84. The third kappa shape index (κ3) is 6.10. The molecule has 0 heterocycles. The van der Waals surface area contributed by atoms with E-state index in [9.17, 15) is 9.59 Å². The molecule has 148 valence electrons. The lowest BCUT2D eigenvalue weighted by Crippen LogP contribution is -2.14. The molecule has 6 nitrogen and oxygen atoms in total. The average Bonchev–Trinajstić information content (AvgIpc) is 2.74. The number of hydrogen-bond acceptors (Lipinski definition) is 4. The summed E-state index contributed by atoms with van der Waals surface area (Å²) in [7, 11) is 0. The molecule has 0 fully saturated rings. The van der Waals surface area contributed by atoms with Crippen LogP contribution in [0.4, 0.5) is 16.2 Å². The van der Waals surface area contributed by atoms with E-state index in [0.717, 1.165) is 11.3 Å². The minimum Gasteiger partial charge on any atom is -0.489 e. The van der Waals surface area contributed by atoms with Crippen LogP contribution >= 0.6 is 0 Å². The van der Waals surface area contributed by atoms with Crippen molar-refractivity contribution in [2.75, 3.05) is 17.2 Å². The van der Waals surface area contributed by atoms with Gasteiger partial charge in [-0.3, -0.25) is 10.1 Å². The van der Waals surface area contributed by atoms with Crippen LogP contribution in [0, 0.1) is 0 Å². The van der Waals surface area contributed by atoms with Crippen molar-refractivity contribution < 1.29 is 19.1 Å². The summed E-state index contributed by atoms with van der Waals surface area (Å²) < 4.78 is 10.6. The lowest BCUT2D eigenvalue weighted by Gasteiger charge is -2.09. The molecule has 3 aromatic carbocycles. The summed E-state index contributed by atoms with van der Waals surface area (Å²) in [6.07, 6.45) is -0.528. The Bertz CT molecular complexity index is 939. The minimum atomic E-state index is -0.528. The number of carbonyl (C=O) groups excluding carboxylic acids is 2. The molecule has 0 bridgehead atoms. The van der Waals surface area contributed by atoms with Crippen molar-refractivity contribution in [2.24, 2.45) is 0 Å². The topological polar surface area (TPSA) is 76.7 Å². The first kappa shape index (κ1) is 19.9. The molecule has 3 rings (SSSR count). The lowest BCUT2D eigenvalue weighted by molar-refractivity contribution is 0.102. The van der Waals surface area contributed by atoms with Crippen molar-refractivity contribution in [3.8, 4) is 5.75 Å². The van der Waals surface area contributed by atoms with Gasteiger partial charge in [0.1, 0.15) is 12.4 Å². The van der Waals surface area contributed by atoms with Crippen LogP contribution < -0.4 is 15.4 Å². The van der Waals surface area contributed by atoms with Crippen LogP contribution in [-0.2, 0) is 11.3 Å². The highest BCUT2D eigenvalue weighted by Gasteiger charge is 2.08. The van der Waals surface area contributed by atoms with Crippen LogP contribution in [0.15, 0.2) is 78.9 Å². The van der Waals surface area contributed by atoms with Crippen LogP contribution in [0.25, 0.3) is 0 Å². The van der Waals surface area contributed by atoms with Crippen molar-refractivity contribution in [1.82, 2.24) is 0 Å². The van der Waals surface area contributed by atoms with Crippen LogP contribution in [-0.4, -0.2) is 18.6 Å². The molecule has 0 aliphatic rings. The molecule has 29 heavy (non-hydrogen) atoms. The van der Waals surface area contributed by atoms with Gasteiger partial charge in [0.05, 0.1) is 6.61 Å². The van der Waals surface area contributed by atoms with Crippen molar-refractivity contribution in [2.45, 2.75) is 13.5 Å². The second-order valence-corrected chi connectivity index (χ2v) is 6.18. The first-order valence-corrected chi connectivity index (χ1v) is 9.26. The highest BCUT2D eigenvalue weighted by Crippen LogP contribution is 2.18. The first-order chi connectivity index (χ1) is 14.1. The largest absolute Gasteiger partial charge is 0.489 e. The van der Waals surface area contributed by atoms with Gasteiger partial charge in [-0.25, -0.2) is 4.79 Å². The maximum absolute atomic E-state index is 12.4. The molecular formula is C23H22N2O4. The summed E-state index contributed by atoms with van der Waals surface area (Å²) in [6, 6.07) is 23.7. The SMILES string of the molecule is CCOC(=O)Nc1ccc(C(=O)Nc2ccc(OCc3ccccc3)cc2)cc1. The Hall–Kier alpha value is -3.80. The van der Waals surface area contributed by atoms with Crippen LogP contribution in [0.1, 0.15) is 22.8 Å². The zero-order chi connectivity index (χ0) is 20.5. The fourth-order valence-electron chi connectivity index (χ4n) is 2.57. The van der Waals surface area contributed by atoms with E-state index >= 15 is 0 Å². The van der Waals surface area contributed by atoms with Gasteiger partial charge in [0, 0.05) is 16.9 Å². The average molecular weight is 390 g/mol. The fraction of sp³-hybridized carbons (Fsp3) is 0.130. The van der Waals surface area contributed by atoms with Crippen molar-refractivity contribution in [1.29, 1.82) is 0 Å². The Morgan fingerprint density at radius 2 is 1.41 bits per heavy atom. The molecule has 0 radical (unpaired) electrons. The summed E-state index contributed by atoms with van der Waals surface area (Å²) in [5, 5.41) is 5.42. The summed E-state index contributed by atoms with van der Waals surface area (Å²) in [6.45, 7) is 2.51. The number of rotatable bonds is 7. The molecule has 0 spiro atoms. The fourth-order valence-corrected chi connectivity index (χ4v) is 2.57. The van der Waals surface area contributed by atoms with E-state index < -0.39 is 6.09 Å². The molecule has 6 heteroatoms. The summed E-state index contributed by atoms with van der Waals surface area (Å²) in [4.78, 5) is 23.8. The minimum absolute atomic E-state index is 0.245. The number of ether oxygens (including phenoxy) is 2. The Labute approximate surface area is 169 Å². The van der Waals surface area contributed by atoms with Crippen molar-refractivity contribution >= 4 is 23.4 Å². The van der Waals surface area contributed by atoms with Gasteiger partial charge in [0.2, 0.25) is 0 Å². The Morgan fingerprint density at radius 1 is 0.793 bits per heavy atom. The third-order valence-corrected chi connectivity index (χ3v) is 4.03. The number of amides is 2. The number of benzene rings is 3. The van der Waals surface area contributed by atoms with Gasteiger partial charge in [-0.2, -0.15) is 0 Å². The molecule has 0 saturated carbocycles. The molecule has 2 amide bonds. The Morgan fingerprint density at radius 3 is 2.07 bits per heavy atom. The molecule has 0 unspecified atom stereocenters.